The Morgan fingerprint density at radius 2 is 2.00 bits per heavy atom. The van der Waals surface area contributed by atoms with E-state index in [2.05, 4.69) is 10.3 Å². The normalized spacial score (nSPS) is 68.9. The lowest BCUT2D eigenvalue weighted by atomic mass is 9.57. The molecule has 0 radical (unpaired) electrons. The van der Waals surface area contributed by atoms with Crippen molar-refractivity contribution in [2.45, 2.75) is 54.7 Å². The van der Waals surface area contributed by atoms with Crippen LogP contribution < -0.4 is 11.1 Å². The maximum Gasteiger partial charge on any atom is 0.311 e. The molecule has 4 unspecified atom stereocenters. The first kappa shape index (κ1) is 11.7. The second-order valence-electron chi connectivity index (χ2n) is 6.38. The zero-order chi connectivity index (χ0) is 14.1. The minimum Gasteiger partial charge on any atom is -0.388 e. The standard InChI is InChI=1S/C11H15N3O6/c1-9(16)4-2-6-13-8(12)14-10(2)3(15)5(9)20-11(17,19-4)7(10)18-6/h2-7,15-17H,1H3,(H3,12,13,14)/t2-,3?,4?,5?,6-,7+,9-,10?,11+/m1/s1. The summed E-state index contributed by atoms with van der Waals surface area (Å²) in [5.74, 6) is -2.34. The van der Waals surface area contributed by atoms with E-state index in [1.165, 1.54) is 6.92 Å². The van der Waals surface area contributed by atoms with Gasteiger partial charge in [0.2, 0.25) is 0 Å². The molecule has 9 atom stereocenters. The van der Waals surface area contributed by atoms with Crippen LogP contribution in [0.25, 0.3) is 0 Å². The van der Waals surface area contributed by atoms with Gasteiger partial charge in [0.15, 0.2) is 18.3 Å². The van der Waals surface area contributed by atoms with Gasteiger partial charge < -0.3 is 40.6 Å². The van der Waals surface area contributed by atoms with Crippen LogP contribution in [-0.2, 0) is 14.2 Å². The third-order valence-corrected chi connectivity index (χ3v) is 5.36. The van der Waals surface area contributed by atoms with Crippen LogP contribution in [0.1, 0.15) is 6.92 Å². The Balaban J connectivity index is 1.79. The summed E-state index contributed by atoms with van der Waals surface area (Å²) in [5.41, 5.74) is 3.23. The Bertz CT molecular complexity index is 554. The first-order valence-electron chi connectivity index (χ1n) is 6.56. The number of hydrogen-bond donors (Lipinski definition) is 5. The van der Waals surface area contributed by atoms with Crippen LogP contribution in [0.5, 0.6) is 0 Å². The topological polar surface area (TPSA) is 139 Å². The molecule has 7 bridgehead atoms. The molecular weight excluding hydrogens is 270 g/mol. The zero-order valence-corrected chi connectivity index (χ0v) is 10.6. The van der Waals surface area contributed by atoms with E-state index >= 15 is 0 Å². The molecule has 0 aromatic carbocycles. The molecule has 1 saturated carbocycles. The van der Waals surface area contributed by atoms with Crippen molar-refractivity contribution >= 4 is 5.96 Å². The molecule has 6 N–H and O–H groups in total. The summed E-state index contributed by atoms with van der Waals surface area (Å²) in [6, 6.07) is 0. The highest BCUT2D eigenvalue weighted by molar-refractivity contribution is 5.80. The highest BCUT2D eigenvalue weighted by Gasteiger charge is 2.86. The Labute approximate surface area is 113 Å². The summed E-state index contributed by atoms with van der Waals surface area (Å²) < 4.78 is 16.6. The molecule has 110 valence electrons. The average molecular weight is 285 g/mol. The fourth-order valence-electron chi connectivity index (χ4n) is 4.60. The van der Waals surface area contributed by atoms with Crippen LogP contribution >= 0.6 is 0 Å². The number of guanidine groups is 1. The minimum absolute atomic E-state index is 0.137. The summed E-state index contributed by atoms with van der Waals surface area (Å²) in [6.07, 6.45) is -4.54. The van der Waals surface area contributed by atoms with Gasteiger partial charge in [-0.2, -0.15) is 0 Å². The lowest BCUT2D eigenvalue weighted by Gasteiger charge is -2.68. The molecule has 9 nitrogen and oxygen atoms in total. The Kier molecular flexibility index (Phi) is 1.65. The Morgan fingerprint density at radius 1 is 1.30 bits per heavy atom. The van der Waals surface area contributed by atoms with Crippen LogP contribution in [0.4, 0.5) is 0 Å². The van der Waals surface area contributed by atoms with Crippen LogP contribution in [0, 0.1) is 5.92 Å². The number of aliphatic hydroxyl groups excluding tert-OH is 1. The number of aliphatic imine (C=N–C) groups is 1. The third kappa shape index (κ3) is 0.892. The number of hydrogen-bond acceptors (Lipinski definition) is 9. The van der Waals surface area contributed by atoms with Crippen LogP contribution in [-0.4, -0.2) is 69.0 Å². The third-order valence-electron chi connectivity index (χ3n) is 5.36. The highest BCUT2D eigenvalue weighted by atomic mass is 16.9. The predicted molar refractivity (Wildman–Crippen MR) is 61.0 cm³/mol. The van der Waals surface area contributed by atoms with Gasteiger partial charge in [-0.25, -0.2) is 4.99 Å². The van der Waals surface area contributed by atoms with E-state index in [1.54, 1.807) is 0 Å². The van der Waals surface area contributed by atoms with Gasteiger partial charge in [0, 0.05) is 0 Å². The predicted octanol–water partition coefficient (Wildman–Crippen LogP) is -3.45. The minimum atomic E-state index is -2.02. The van der Waals surface area contributed by atoms with E-state index in [0.717, 1.165) is 0 Å². The second kappa shape index (κ2) is 2.82. The van der Waals surface area contributed by atoms with Gasteiger partial charge in [0.05, 0.1) is 5.92 Å². The van der Waals surface area contributed by atoms with E-state index in [0.29, 0.717) is 0 Å². The summed E-state index contributed by atoms with van der Waals surface area (Å²) in [6.45, 7) is 1.51. The largest absolute Gasteiger partial charge is 0.388 e. The van der Waals surface area contributed by atoms with Gasteiger partial charge in [-0.3, -0.25) is 0 Å². The molecule has 9 heteroatoms. The molecule has 1 spiro atoms. The van der Waals surface area contributed by atoms with Crippen LogP contribution in [0.2, 0.25) is 0 Å². The number of nitrogens with two attached hydrogens (primary N) is 1. The molecule has 6 rings (SSSR count). The van der Waals surface area contributed by atoms with Crippen molar-refractivity contribution in [3.8, 4) is 0 Å². The van der Waals surface area contributed by atoms with E-state index in [1.807, 2.05) is 0 Å². The maximum atomic E-state index is 10.7. The number of ether oxygens (including phenoxy) is 3. The van der Waals surface area contributed by atoms with Gasteiger partial charge in [0.25, 0.3) is 0 Å². The van der Waals surface area contributed by atoms with Crippen LogP contribution in [0.15, 0.2) is 4.99 Å². The fourth-order valence-corrected chi connectivity index (χ4v) is 4.60. The molecule has 5 heterocycles. The van der Waals surface area contributed by atoms with E-state index < -0.39 is 53.7 Å². The molecule has 0 aromatic heterocycles. The van der Waals surface area contributed by atoms with Gasteiger partial charge >= 0.3 is 5.97 Å². The first-order chi connectivity index (χ1) is 9.31. The number of nitrogens with zero attached hydrogens (tertiary/aromatic N) is 1. The van der Waals surface area contributed by atoms with Gasteiger partial charge in [-0.1, -0.05) is 0 Å². The van der Waals surface area contributed by atoms with Crippen molar-refractivity contribution in [2.75, 3.05) is 0 Å². The van der Waals surface area contributed by atoms with Gasteiger partial charge in [-0.15, -0.1) is 0 Å². The summed E-state index contributed by atoms with van der Waals surface area (Å²) in [5, 5.41) is 34.8. The smallest absolute Gasteiger partial charge is 0.311 e. The van der Waals surface area contributed by atoms with E-state index in [9.17, 15) is 15.3 Å². The average Bonchev–Trinajstić information content (AvgIpc) is 2.51. The Morgan fingerprint density at radius 3 is 2.75 bits per heavy atom. The van der Waals surface area contributed by atoms with Crippen molar-refractivity contribution in [2.24, 2.45) is 16.6 Å². The molecule has 20 heavy (non-hydrogen) atoms. The molecule has 0 amide bonds. The van der Waals surface area contributed by atoms with E-state index in [4.69, 9.17) is 19.9 Å². The summed E-state index contributed by atoms with van der Waals surface area (Å²) >= 11 is 0. The second-order valence-corrected chi connectivity index (χ2v) is 6.38. The van der Waals surface area contributed by atoms with Crippen molar-refractivity contribution in [3.63, 3.8) is 0 Å². The van der Waals surface area contributed by atoms with Gasteiger partial charge in [-0.05, 0) is 6.92 Å². The van der Waals surface area contributed by atoms with Crippen molar-refractivity contribution in [3.05, 3.63) is 0 Å². The molecule has 0 aromatic rings. The molecule has 4 saturated heterocycles. The molecule has 5 fully saturated rings. The maximum absolute atomic E-state index is 10.7. The fraction of sp³-hybridized carbons (Fsp3) is 0.909. The molecule has 6 aliphatic rings. The molecule has 1 aliphatic carbocycles. The summed E-state index contributed by atoms with van der Waals surface area (Å²) in [7, 11) is 0. The lowest BCUT2D eigenvalue weighted by molar-refractivity contribution is -0.526. The molecular formula is C11H15N3O6. The Hall–Kier alpha value is -0.970. The van der Waals surface area contributed by atoms with Crippen molar-refractivity contribution in [1.82, 2.24) is 5.32 Å². The van der Waals surface area contributed by atoms with Gasteiger partial charge in [0.1, 0.15) is 29.5 Å². The van der Waals surface area contributed by atoms with Crippen molar-refractivity contribution < 1.29 is 29.5 Å². The lowest BCUT2D eigenvalue weighted by Crippen LogP contribution is -2.91. The molecule has 5 aliphatic heterocycles. The van der Waals surface area contributed by atoms with Crippen molar-refractivity contribution in [1.29, 1.82) is 0 Å². The van der Waals surface area contributed by atoms with E-state index in [-0.39, 0.29) is 5.96 Å². The number of rotatable bonds is 0. The number of aliphatic hydroxyl groups is 3. The monoisotopic (exact) mass is 285 g/mol. The quantitative estimate of drug-likeness (QED) is 0.310. The zero-order valence-electron chi connectivity index (χ0n) is 10.6. The SMILES string of the molecule is C[C@]1(O)C2O[C@@]3(O)OC1[C@@H]1[C@@H]4N=C(N)NC1(C2O)[C@@H]3O4. The number of nitrogens with one attached hydrogen (secondary N) is 1. The summed E-state index contributed by atoms with van der Waals surface area (Å²) in [4.78, 5) is 4.14. The highest BCUT2D eigenvalue weighted by Crippen LogP contribution is 2.63. The first-order valence-corrected chi connectivity index (χ1v) is 6.56. The van der Waals surface area contributed by atoms with Crippen LogP contribution in [0.3, 0.4) is 0 Å².